The number of aromatic nitrogens is 5. The van der Waals surface area contributed by atoms with Crippen molar-refractivity contribution in [3.05, 3.63) is 47.6 Å². The lowest BCUT2D eigenvalue weighted by molar-refractivity contribution is 0.506. The second-order valence-electron chi connectivity index (χ2n) is 5.42. The van der Waals surface area contributed by atoms with Gasteiger partial charge in [0.05, 0.1) is 18.4 Å². The second kappa shape index (κ2) is 5.57. The summed E-state index contributed by atoms with van der Waals surface area (Å²) in [6.45, 7) is 0.467. The Balaban J connectivity index is 1.41. The highest BCUT2D eigenvalue weighted by Gasteiger charge is 2.29. The van der Waals surface area contributed by atoms with Crippen molar-refractivity contribution in [2.75, 3.05) is 5.32 Å². The molecule has 1 saturated carbocycles. The molecule has 114 valence electrons. The molecule has 2 heterocycles. The predicted octanol–water partition coefficient (Wildman–Crippen LogP) is 2.12. The fourth-order valence-electron chi connectivity index (χ4n) is 2.18. The van der Waals surface area contributed by atoms with Gasteiger partial charge in [-0.25, -0.2) is 4.68 Å². The van der Waals surface area contributed by atoms with Crippen LogP contribution in [0.5, 0.6) is 0 Å². The molecule has 0 spiro atoms. The van der Waals surface area contributed by atoms with E-state index in [0.29, 0.717) is 24.4 Å². The van der Waals surface area contributed by atoms with Crippen molar-refractivity contribution in [2.45, 2.75) is 25.3 Å². The summed E-state index contributed by atoms with van der Waals surface area (Å²) in [7, 11) is 0. The van der Waals surface area contributed by atoms with Crippen LogP contribution < -0.4 is 5.32 Å². The average molecular weight is 306 g/mol. The summed E-state index contributed by atoms with van der Waals surface area (Å²) in [5, 5.41) is 19.3. The number of terminal acetylenes is 1. The van der Waals surface area contributed by atoms with Crippen molar-refractivity contribution in [1.82, 2.24) is 25.2 Å². The number of nitrogens with one attached hydrogen (secondary N) is 1. The Bertz CT molecular complexity index is 853. The van der Waals surface area contributed by atoms with Crippen LogP contribution in [0.4, 0.5) is 6.01 Å². The first-order chi connectivity index (χ1) is 11.3. The van der Waals surface area contributed by atoms with Crippen molar-refractivity contribution in [1.29, 1.82) is 0 Å². The van der Waals surface area contributed by atoms with Crippen molar-refractivity contribution < 1.29 is 4.42 Å². The molecule has 0 aliphatic heterocycles. The van der Waals surface area contributed by atoms with E-state index in [2.05, 4.69) is 31.7 Å². The topological polar surface area (TPSA) is 81.7 Å². The average Bonchev–Trinajstić information content (AvgIpc) is 3.15. The lowest BCUT2D eigenvalue weighted by Crippen LogP contribution is -1.99. The summed E-state index contributed by atoms with van der Waals surface area (Å²) in [6.07, 6.45) is 9.46. The highest BCUT2D eigenvalue weighted by atomic mass is 16.4. The molecule has 3 aromatic rings. The third kappa shape index (κ3) is 2.92. The molecule has 7 nitrogen and oxygen atoms in total. The van der Waals surface area contributed by atoms with Crippen LogP contribution in [0.25, 0.3) is 5.69 Å². The van der Waals surface area contributed by atoms with E-state index in [1.54, 1.807) is 4.68 Å². The molecule has 0 bridgehead atoms. The van der Waals surface area contributed by atoms with E-state index in [4.69, 9.17) is 10.8 Å². The molecule has 7 heteroatoms. The zero-order chi connectivity index (χ0) is 15.6. The Morgan fingerprint density at radius 2 is 2.04 bits per heavy atom. The highest BCUT2D eigenvalue weighted by Crippen LogP contribution is 2.39. The van der Waals surface area contributed by atoms with Gasteiger partial charge in [0.1, 0.15) is 5.69 Å². The maximum absolute atomic E-state index is 5.54. The number of hydrogen-bond acceptors (Lipinski definition) is 6. The van der Waals surface area contributed by atoms with E-state index in [1.165, 1.54) is 0 Å². The normalized spacial score (nSPS) is 13.7. The van der Waals surface area contributed by atoms with Crippen LogP contribution >= 0.6 is 0 Å². The zero-order valence-corrected chi connectivity index (χ0v) is 12.3. The lowest BCUT2D eigenvalue weighted by Gasteiger charge is -1.99. The van der Waals surface area contributed by atoms with E-state index >= 15 is 0 Å². The minimum atomic E-state index is 0.417. The fraction of sp³-hybridized carbons (Fsp3) is 0.250. The summed E-state index contributed by atoms with van der Waals surface area (Å²) in [6, 6.07) is 7.96. The van der Waals surface area contributed by atoms with Gasteiger partial charge in [0.25, 0.3) is 0 Å². The van der Waals surface area contributed by atoms with Gasteiger partial charge in [0.2, 0.25) is 5.89 Å². The number of anilines is 1. The standard InChI is InChI=1S/C16H14N6O/c1-2-11-3-7-14(8-4-11)22-10-13(18-21-22)9-17-16-20-19-15(23-16)12-5-6-12/h1,3-4,7-8,10,12H,5-6,9H2,(H,17,20). The first-order valence-corrected chi connectivity index (χ1v) is 7.37. The molecule has 4 rings (SSSR count). The number of benzene rings is 1. The Kier molecular flexibility index (Phi) is 3.27. The number of nitrogens with zero attached hydrogens (tertiary/aromatic N) is 5. The van der Waals surface area contributed by atoms with Gasteiger partial charge >= 0.3 is 6.01 Å². The number of hydrogen-bond donors (Lipinski definition) is 1. The number of rotatable bonds is 5. The van der Waals surface area contributed by atoms with E-state index < -0.39 is 0 Å². The van der Waals surface area contributed by atoms with Gasteiger partial charge in [0.15, 0.2) is 0 Å². The van der Waals surface area contributed by atoms with Crippen molar-refractivity contribution >= 4 is 6.01 Å². The zero-order valence-electron chi connectivity index (χ0n) is 12.3. The van der Waals surface area contributed by atoms with Crippen molar-refractivity contribution in [2.24, 2.45) is 0 Å². The molecular formula is C16H14N6O. The summed E-state index contributed by atoms with van der Waals surface area (Å²) < 4.78 is 7.23. The monoisotopic (exact) mass is 306 g/mol. The SMILES string of the molecule is C#Cc1ccc(-n2cc(CNc3nnc(C4CC4)o3)nn2)cc1. The second-order valence-corrected chi connectivity index (χ2v) is 5.42. The molecule has 0 atom stereocenters. The maximum atomic E-state index is 5.54. The summed E-state index contributed by atoms with van der Waals surface area (Å²) >= 11 is 0. The van der Waals surface area contributed by atoms with Crippen LogP contribution in [0, 0.1) is 12.3 Å². The van der Waals surface area contributed by atoms with Gasteiger partial charge in [0, 0.05) is 11.5 Å². The van der Waals surface area contributed by atoms with Crippen LogP contribution in [0.3, 0.4) is 0 Å². The van der Waals surface area contributed by atoms with Crippen molar-refractivity contribution in [3.63, 3.8) is 0 Å². The molecule has 1 aliphatic carbocycles. The van der Waals surface area contributed by atoms with Gasteiger partial charge in [-0.05, 0) is 37.1 Å². The summed E-state index contributed by atoms with van der Waals surface area (Å²) in [5.41, 5.74) is 2.51. The Labute approximate surface area is 132 Å². The molecular weight excluding hydrogens is 292 g/mol. The predicted molar refractivity (Wildman–Crippen MR) is 82.9 cm³/mol. The van der Waals surface area contributed by atoms with Gasteiger partial charge in [-0.2, -0.15) is 0 Å². The van der Waals surface area contributed by atoms with E-state index in [1.807, 2.05) is 30.5 Å². The molecule has 1 fully saturated rings. The van der Waals surface area contributed by atoms with Crippen molar-refractivity contribution in [3.8, 4) is 18.0 Å². The third-order valence-electron chi connectivity index (χ3n) is 3.63. The highest BCUT2D eigenvalue weighted by molar-refractivity contribution is 5.40. The van der Waals surface area contributed by atoms with Crippen LogP contribution in [0.2, 0.25) is 0 Å². The largest absolute Gasteiger partial charge is 0.408 e. The molecule has 23 heavy (non-hydrogen) atoms. The first kappa shape index (κ1) is 13.5. The van der Waals surface area contributed by atoms with Gasteiger partial charge < -0.3 is 9.73 Å². The molecule has 0 unspecified atom stereocenters. The van der Waals surface area contributed by atoms with Gasteiger partial charge in [-0.1, -0.05) is 16.2 Å². The lowest BCUT2D eigenvalue weighted by atomic mass is 10.2. The third-order valence-corrected chi connectivity index (χ3v) is 3.63. The van der Waals surface area contributed by atoms with E-state index in [-0.39, 0.29) is 0 Å². The Hall–Kier alpha value is -3.14. The van der Waals surface area contributed by atoms with E-state index in [0.717, 1.165) is 29.8 Å². The van der Waals surface area contributed by atoms with Crippen LogP contribution in [-0.2, 0) is 6.54 Å². The van der Waals surface area contributed by atoms with E-state index in [9.17, 15) is 0 Å². The minimum absolute atomic E-state index is 0.417. The van der Waals surface area contributed by atoms with Crippen LogP contribution in [-0.4, -0.2) is 25.2 Å². The smallest absolute Gasteiger partial charge is 0.315 e. The molecule has 1 aliphatic rings. The van der Waals surface area contributed by atoms with Crippen LogP contribution in [0.1, 0.15) is 35.9 Å². The molecule has 0 radical (unpaired) electrons. The minimum Gasteiger partial charge on any atom is -0.408 e. The summed E-state index contributed by atoms with van der Waals surface area (Å²) in [4.78, 5) is 0. The molecule has 2 aromatic heterocycles. The molecule has 1 aromatic carbocycles. The molecule has 0 saturated heterocycles. The molecule has 0 amide bonds. The maximum Gasteiger partial charge on any atom is 0.315 e. The Morgan fingerprint density at radius 1 is 1.22 bits per heavy atom. The first-order valence-electron chi connectivity index (χ1n) is 7.37. The quantitative estimate of drug-likeness (QED) is 0.727. The Morgan fingerprint density at radius 3 is 2.78 bits per heavy atom. The molecule has 1 N–H and O–H groups in total. The van der Waals surface area contributed by atoms with Crippen LogP contribution in [0.15, 0.2) is 34.9 Å². The van der Waals surface area contributed by atoms with Gasteiger partial charge in [-0.15, -0.1) is 16.6 Å². The fourth-order valence-corrected chi connectivity index (χ4v) is 2.18. The summed E-state index contributed by atoms with van der Waals surface area (Å²) in [5.74, 6) is 3.75. The van der Waals surface area contributed by atoms with Gasteiger partial charge in [-0.3, -0.25) is 0 Å².